The van der Waals surface area contributed by atoms with Gasteiger partial charge >= 0.3 is 0 Å². The average Bonchev–Trinajstić information content (AvgIpc) is 2.78. The van der Waals surface area contributed by atoms with Gasteiger partial charge in [0.2, 0.25) is 5.89 Å². The van der Waals surface area contributed by atoms with Crippen LogP contribution in [0.5, 0.6) is 0 Å². The van der Waals surface area contributed by atoms with Gasteiger partial charge in [-0.3, -0.25) is 0 Å². The lowest BCUT2D eigenvalue weighted by atomic mass is 10.0. The Morgan fingerprint density at radius 1 is 1.24 bits per heavy atom. The van der Waals surface area contributed by atoms with E-state index in [1.54, 1.807) is 0 Å². The molecular weight excluding hydrogens is 214 g/mol. The van der Waals surface area contributed by atoms with Gasteiger partial charge in [0.1, 0.15) is 0 Å². The van der Waals surface area contributed by atoms with Crippen molar-refractivity contribution in [1.82, 2.24) is 10.1 Å². The molecule has 0 bridgehead atoms. The number of hydrogen-bond donors (Lipinski definition) is 1. The number of aromatic nitrogens is 2. The summed E-state index contributed by atoms with van der Waals surface area (Å²) in [5, 5.41) is 3.92. The van der Waals surface area contributed by atoms with Crippen LogP contribution < -0.4 is 5.73 Å². The molecule has 2 rings (SSSR count). The first-order valence-corrected chi connectivity index (χ1v) is 5.66. The molecule has 0 fully saturated rings. The molecular formula is C13H17N3O. The topological polar surface area (TPSA) is 64.9 Å². The van der Waals surface area contributed by atoms with Gasteiger partial charge in [-0.25, -0.2) is 0 Å². The minimum absolute atomic E-state index is 0.0831. The van der Waals surface area contributed by atoms with Crippen molar-refractivity contribution in [3.05, 3.63) is 47.6 Å². The Labute approximate surface area is 101 Å². The normalized spacial score (nSPS) is 13.6. The molecule has 90 valence electrons. The molecule has 4 nitrogen and oxygen atoms in total. The first kappa shape index (κ1) is 11.8. The van der Waals surface area contributed by atoms with Gasteiger partial charge in [0.05, 0.1) is 11.5 Å². The summed E-state index contributed by atoms with van der Waals surface area (Å²) in [6.07, 6.45) is 0. The zero-order chi connectivity index (χ0) is 12.5. The summed E-state index contributed by atoms with van der Waals surface area (Å²) in [4.78, 5) is 4.36. The van der Waals surface area contributed by atoms with E-state index in [4.69, 9.17) is 10.3 Å². The summed E-state index contributed by atoms with van der Waals surface area (Å²) in [7, 11) is 0. The van der Waals surface area contributed by atoms with Crippen LogP contribution in [0.2, 0.25) is 0 Å². The monoisotopic (exact) mass is 231 g/mol. The molecule has 0 aliphatic heterocycles. The Balaban J connectivity index is 2.27. The van der Waals surface area contributed by atoms with Crippen molar-refractivity contribution in [3.63, 3.8) is 0 Å². The predicted octanol–water partition coefficient (Wildman–Crippen LogP) is 2.42. The van der Waals surface area contributed by atoms with Crippen molar-refractivity contribution in [1.29, 1.82) is 0 Å². The molecule has 1 atom stereocenters. The lowest BCUT2D eigenvalue weighted by Crippen LogP contribution is -2.30. The zero-order valence-corrected chi connectivity index (χ0v) is 10.3. The molecule has 2 aromatic rings. The van der Waals surface area contributed by atoms with Crippen LogP contribution in [0.3, 0.4) is 0 Å². The fraction of sp³-hybridized carbons (Fsp3) is 0.385. The highest BCUT2D eigenvalue weighted by atomic mass is 16.5. The lowest BCUT2D eigenvalue weighted by molar-refractivity contribution is 0.354. The van der Waals surface area contributed by atoms with Crippen LogP contribution in [-0.2, 0) is 5.54 Å². The number of hydrogen-bond acceptors (Lipinski definition) is 4. The van der Waals surface area contributed by atoms with Crippen LogP contribution in [0.1, 0.15) is 44.0 Å². The molecule has 0 aliphatic carbocycles. The van der Waals surface area contributed by atoms with Crippen LogP contribution >= 0.6 is 0 Å². The fourth-order valence-corrected chi connectivity index (χ4v) is 1.56. The van der Waals surface area contributed by atoms with E-state index in [0.29, 0.717) is 11.7 Å². The first-order valence-electron chi connectivity index (χ1n) is 5.66. The molecule has 1 aromatic heterocycles. The Bertz CT molecular complexity index is 485. The van der Waals surface area contributed by atoms with E-state index < -0.39 is 5.54 Å². The van der Waals surface area contributed by atoms with Crippen molar-refractivity contribution >= 4 is 0 Å². The van der Waals surface area contributed by atoms with Crippen molar-refractivity contribution in [2.24, 2.45) is 5.73 Å². The molecule has 1 heterocycles. The van der Waals surface area contributed by atoms with E-state index in [0.717, 1.165) is 5.56 Å². The molecule has 17 heavy (non-hydrogen) atoms. The SMILES string of the molecule is CC(c1ccccc1)c1nc(C(C)(C)N)no1. The third-order valence-electron chi connectivity index (χ3n) is 2.69. The van der Waals surface area contributed by atoms with Crippen molar-refractivity contribution in [3.8, 4) is 0 Å². The van der Waals surface area contributed by atoms with Crippen molar-refractivity contribution in [2.45, 2.75) is 32.2 Å². The molecule has 1 aromatic carbocycles. The van der Waals surface area contributed by atoms with E-state index >= 15 is 0 Å². The second-order valence-electron chi connectivity index (χ2n) is 4.81. The highest BCUT2D eigenvalue weighted by Gasteiger charge is 2.23. The fourth-order valence-electron chi connectivity index (χ4n) is 1.56. The maximum Gasteiger partial charge on any atom is 0.233 e. The van der Waals surface area contributed by atoms with E-state index in [2.05, 4.69) is 10.1 Å². The Kier molecular flexibility index (Phi) is 2.98. The van der Waals surface area contributed by atoms with Gasteiger partial charge in [0, 0.05) is 0 Å². The summed E-state index contributed by atoms with van der Waals surface area (Å²) < 4.78 is 5.27. The van der Waals surface area contributed by atoms with Gasteiger partial charge in [0.15, 0.2) is 5.82 Å². The zero-order valence-electron chi connectivity index (χ0n) is 10.3. The maximum atomic E-state index is 5.92. The van der Waals surface area contributed by atoms with Gasteiger partial charge in [-0.15, -0.1) is 0 Å². The van der Waals surface area contributed by atoms with Gasteiger partial charge in [-0.1, -0.05) is 35.5 Å². The summed E-state index contributed by atoms with van der Waals surface area (Å²) in [6.45, 7) is 5.75. The smallest absolute Gasteiger partial charge is 0.233 e. The quantitative estimate of drug-likeness (QED) is 0.881. The molecule has 4 heteroatoms. The second-order valence-corrected chi connectivity index (χ2v) is 4.81. The Morgan fingerprint density at radius 2 is 1.88 bits per heavy atom. The molecule has 0 radical (unpaired) electrons. The van der Waals surface area contributed by atoms with E-state index in [9.17, 15) is 0 Å². The summed E-state index contributed by atoms with van der Waals surface area (Å²) >= 11 is 0. The number of nitrogens with zero attached hydrogens (tertiary/aromatic N) is 2. The summed E-state index contributed by atoms with van der Waals surface area (Å²) in [6, 6.07) is 10.1. The largest absolute Gasteiger partial charge is 0.339 e. The highest BCUT2D eigenvalue weighted by Crippen LogP contribution is 2.23. The average molecular weight is 231 g/mol. The van der Waals surface area contributed by atoms with E-state index in [-0.39, 0.29) is 5.92 Å². The van der Waals surface area contributed by atoms with Crippen LogP contribution in [-0.4, -0.2) is 10.1 Å². The van der Waals surface area contributed by atoms with E-state index in [1.807, 2.05) is 51.1 Å². The molecule has 0 saturated heterocycles. The van der Waals surface area contributed by atoms with Crippen molar-refractivity contribution < 1.29 is 4.52 Å². The third kappa shape index (κ3) is 2.53. The summed E-state index contributed by atoms with van der Waals surface area (Å²) in [5.41, 5.74) is 6.50. The van der Waals surface area contributed by atoms with Crippen LogP contribution in [0.4, 0.5) is 0 Å². The summed E-state index contributed by atoms with van der Waals surface area (Å²) in [5.74, 6) is 1.22. The Morgan fingerprint density at radius 3 is 2.41 bits per heavy atom. The molecule has 0 aliphatic rings. The van der Waals surface area contributed by atoms with Crippen LogP contribution in [0, 0.1) is 0 Å². The third-order valence-corrected chi connectivity index (χ3v) is 2.69. The lowest BCUT2D eigenvalue weighted by Gasteiger charge is -2.11. The minimum Gasteiger partial charge on any atom is -0.339 e. The highest BCUT2D eigenvalue weighted by molar-refractivity contribution is 5.23. The number of benzene rings is 1. The second kappa shape index (κ2) is 4.30. The standard InChI is InChI=1S/C13H17N3O/c1-9(10-7-5-4-6-8-10)11-15-12(16-17-11)13(2,3)14/h4-9H,14H2,1-3H3. The van der Waals surface area contributed by atoms with Gasteiger partial charge < -0.3 is 10.3 Å². The minimum atomic E-state index is -0.571. The Hall–Kier alpha value is -1.68. The van der Waals surface area contributed by atoms with E-state index in [1.165, 1.54) is 0 Å². The van der Waals surface area contributed by atoms with Gasteiger partial charge in [-0.05, 0) is 26.3 Å². The molecule has 0 spiro atoms. The maximum absolute atomic E-state index is 5.92. The van der Waals surface area contributed by atoms with Gasteiger partial charge in [0.25, 0.3) is 0 Å². The first-order chi connectivity index (χ1) is 7.98. The predicted molar refractivity (Wildman–Crippen MR) is 65.5 cm³/mol. The number of nitrogens with two attached hydrogens (primary N) is 1. The molecule has 2 N–H and O–H groups in total. The molecule has 1 unspecified atom stereocenters. The molecule has 0 amide bonds. The molecule has 0 saturated carbocycles. The van der Waals surface area contributed by atoms with Crippen LogP contribution in [0.15, 0.2) is 34.9 Å². The van der Waals surface area contributed by atoms with Crippen LogP contribution in [0.25, 0.3) is 0 Å². The number of rotatable bonds is 3. The van der Waals surface area contributed by atoms with Gasteiger partial charge in [-0.2, -0.15) is 4.98 Å². The van der Waals surface area contributed by atoms with Crippen molar-refractivity contribution in [2.75, 3.05) is 0 Å².